The Morgan fingerprint density at radius 3 is 2.88 bits per heavy atom. The molecule has 1 saturated heterocycles. The van der Waals surface area contributed by atoms with Gasteiger partial charge >= 0.3 is 0 Å². The molecule has 1 amide bonds. The Balaban J connectivity index is 1.34. The first-order chi connectivity index (χ1) is 16.4. The highest BCUT2D eigenvalue weighted by molar-refractivity contribution is 6.10. The number of rotatable bonds is 4. The lowest BCUT2D eigenvalue weighted by Gasteiger charge is -2.63. The number of ether oxygens (including phenoxy) is 1. The van der Waals surface area contributed by atoms with E-state index in [1.54, 1.807) is 30.5 Å². The van der Waals surface area contributed by atoms with Crippen molar-refractivity contribution in [3.8, 4) is 11.5 Å². The third kappa shape index (κ3) is 2.53. The van der Waals surface area contributed by atoms with Gasteiger partial charge in [-0.2, -0.15) is 0 Å². The number of phenolic OH excluding ortho intramolecular Hbond substituents is 1. The third-order valence-electron chi connectivity index (χ3n) is 8.86. The average molecular weight is 462 g/mol. The molecule has 3 heterocycles. The van der Waals surface area contributed by atoms with Crippen LogP contribution in [0, 0.1) is 11.8 Å². The number of Topliss-reactive ketones (excluding diaryl/α,β-unsaturated/α-hetero) is 1. The summed E-state index contributed by atoms with van der Waals surface area (Å²) in [7, 11) is 0. The lowest BCUT2D eigenvalue weighted by Crippen LogP contribution is -2.78. The van der Waals surface area contributed by atoms with Crippen LogP contribution in [0.5, 0.6) is 11.5 Å². The van der Waals surface area contributed by atoms with E-state index in [1.165, 1.54) is 12.8 Å². The Hall–Kier alpha value is -2.97. The molecule has 2 bridgehead atoms. The molecule has 5 aliphatic rings. The fraction of sp³-hybridized carbons (Fsp3) is 0.500. The minimum absolute atomic E-state index is 0.0222. The predicted molar refractivity (Wildman–Crippen MR) is 122 cm³/mol. The van der Waals surface area contributed by atoms with Crippen molar-refractivity contribution in [1.29, 1.82) is 0 Å². The topological polar surface area (TPSA) is 112 Å². The number of nitrogens with zero attached hydrogens (tertiary/aromatic N) is 2. The molecule has 1 aromatic heterocycles. The number of aromatic hydroxyl groups is 1. The summed E-state index contributed by atoms with van der Waals surface area (Å²) in [6.07, 6.45) is 4.18. The maximum Gasteiger partial charge on any atom is 0.236 e. The van der Waals surface area contributed by atoms with Crippen molar-refractivity contribution < 1.29 is 24.5 Å². The van der Waals surface area contributed by atoms with E-state index in [2.05, 4.69) is 15.2 Å². The number of anilines is 1. The van der Waals surface area contributed by atoms with E-state index in [-0.39, 0.29) is 24.0 Å². The fourth-order valence-corrected chi connectivity index (χ4v) is 7.17. The van der Waals surface area contributed by atoms with Gasteiger partial charge in [0, 0.05) is 24.3 Å². The second kappa shape index (κ2) is 6.79. The summed E-state index contributed by atoms with van der Waals surface area (Å²) in [6.45, 7) is 1.68. The molecule has 8 heteroatoms. The second-order valence-electron chi connectivity index (χ2n) is 10.6. The number of hydrogen-bond acceptors (Lipinski definition) is 7. The summed E-state index contributed by atoms with van der Waals surface area (Å²) >= 11 is 0. The molecule has 2 saturated carbocycles. The minimum atomic E-state index is -1.32. The number of aliphatic hydroxyl groups is 1. The number of nitrogens with one attached hydrogen (secondary N) is 1. The van der Waals surface area contributed by atoms with Crippen molar-refractivity contribution in [2.24, 2.45) is 11.8 Å². The molecule has 2 aliphatic heterocycles. The van der Waals surface area contributed by atoms with Crippen LogP contribution in [0.3, 0.4) is 0 Å². The van der Waals surface area contributed by atoms with Gasteiger partial charge in [-0.25, -0.2) is 4.98 Å². The van der Waals surface area contributed by atoms with Crippen molar-refractivity contribution in [3.05, 3.63) is 47.7 Å². The van der Waals surface area contributed by atoms with Crippen LogP contribution in [0.25, 0.3) is 0 Å². The molecule has 176 valence electrons. The molecule has 3 aliphatic carbocycles. The van der Waals surface area contributed by atoms with E-state index in [9.17, 15) is 19.8 Å². The zero-order valence-electron chi connectivity index (χ0n) is 18.7. The molecule has 5 atom stereocenters. The Morgan fingerprint density at radius 2 is 2.12 bits per heavy atom. The molecular weight excluding hydrogens is 434 g/mol. The summed E-state index contributed by atoms with van der Waals surface area (Å²) in [6, 6.07) is 8.48. The maximum absolute atomic E-state index is 13.8. The normalized spacial score (nSPS) is 35.4. The van der Waals surface area contributed by atoms with Gasteiger partial charge in [-0.15, -0.1) is 0 Å². The number of aromatic nitrogens is 1. The average Bonchev–Trinajstić information content (AvgIpc) is 3.56. The SMILES string of the molecule is O=C(Nc1ccccn1)C1C[C@@]2(O)[C@H]3Cc4ccc(O)c5c4[C@@]2(CCN3CC2CC2)[C@@H](O5)C1=O. The number of benzene rings is 1. The van der Waals surface area contributed by atoms with Crippen LogP contribution in [0.2, 0.25) is 0 Å². The van der Waals surface area contributed by atoms with Crippen LogP contribution in [0.4, 0.5) is 5.82 Å². The highest BCUT2D eigenvalue weighted by Crippen LogP contribution is 2.65. The van der Waals surface area contributed by atoms with E-state index in [1.807, 2.05) is 6.07 Å². The first-order valence-electron chi connectivity index (χ1n) is 12.2. The summed E-state index contributed by atoms with van der Waals surface area (Å²) in [5.74, 6) is -0.586. The molecule has 1 spiro atoms. The van der Waals surface area contributed by atoms with E-state index in [4.69, 9.17) is 4.74 Å². The first kappa shape index (κ1) is 20.4. The summed E-state index contributed by atoms with van der Waals surface area (Å²) < 4.78 is 6.17. The lowest BCUT2D eigenvalue weighted by molar-refractivity contribution is -0.197. The van der Waals surface area contributed by atoms with Gasteiger partial charge in [-0.05, 0) is 68.3 Å². The number of amides is 1. The van der Waals surface area contributed by atoms with Crippen molar-refractivity contribution in [2.75, 3.05) is 18.4 Å². The van der Waals surface area contributed by atoms with Crippen LogP contribution >= 0.6 is 0 Å². The molecule has 7 rings (SSSR count). The highest BCUT2D eigenvalue weighted by Gasteiger charge is 2.75. The van der Waals surface area contributed by atoms with Crippen LogP contribution in [0.1, 0.15) is 36.8 Å². The largest absolute Gasteiger partial charge is 0.504 e. The molecule has 34 heavy (non-hydrogen) atoms. The van der Waals surface area contributed by atoms with Crippen molar-refractivity contribution in [3.63, 3.8) is 0 Å². The molecular formula is C26H27N3O5. The number of hydrogen-bond donors (Lipinski definition) is 3. The van der Waals surface area contributed by atoms with Crippen molar-refractivity contribution in [1.82, 2.24) is 9.88 Å². The molecule has 3 fully saturated rings. The van der Waals surface area contributed by atoms with Gasteiger partial charge in [0.15, 0.2) is 23.4 Å². The van der Waals surface area contributed by atoms with Crippen LogP contribution < -0.4 is 10.1 Å². The summed E-state index contributed by atoms with van der Waals surface area (Å²) in [5.41, 5.74) is -0.469. The number of ketones is 1. The van der Waals surface area contributed by atoms with Gasteiger partial charge in [-0.1, -0.05) is 12.1 Å². The number of pyridine rings is 1. The summed E-state index contributed by atoms with van der Waals surface area (Å²) in [5, 5.41) is 25.9. The third-order valence-corrected chi connectivity index (χ3v) is 8.86. The van der Waals surface area contributed by atoms with Gasteiger partial charge in [0.25, 0.3) is 0 Å². The lowest BCUT2D eigenvalue weighted by atomic mass is 9.47. The zero-order chi connectivity index (χ0) is 23.2. The van der Waals surface area contributed by atoms with Gasteiger partial charge in [0.2, 0.25) is 5.91 Å². The quantitative estimate of drug-likeness (QED) is 0.595. The maximum atomic E-state index is 13.8. The standard InChI is InChI=1S/C26H27N3O5/c30-17-7-6-15-11-18-26(33)12-16(24(32)28-19-3-1-2-9-27-19)21(31)23-25(26,20(15)22(17)34-23)8-10-29(18)13-14-4-5-14/h1-3,6-7,9,14,16,18,23,30,33H,4-5,8,10-13H2,(H,27,28,32)/t16?,18-,23+,25+,26-/m1/s1. The zero-order valence-corrected chi connectivity index (χ0v) is 18.7. The molecule has 8 nitrogen and oxygen atoms in total. The number of phenols is 1. The Kier molecular flexibility index (Phi) is 4.08. The first-order valence-corrected chi connectivity index (χ1v) is 12.2. The molecule has 0 radical (unpaired) electrons. The number of carbonyl (C=O) groups is 2. The van der Waals surface area contributed by atoms with Gasteiger partial charge in [0.1, 0.15) is 11.7 Å². The van der Waals surface area contributed by atoms with Gasteiger partial charge in [-0.3, -0.25) is 14.5 Å². The monoisotopic (exact) mass is 461 g/mol. The van der Waals surface area contributed by atoms with Gasteiger partial charge in [0.05, 0.1) is 11.0 Å². The van der Waals surface area contributed by atoms with Crippen LogP contribution in [-0.2, 0) is 21.4 Å². The van der Waals surface area contributed by atoms with E-state index in [0.29, 0.717) is 30.3 Å². The number of likely N-dealkylation sites (tertiary alicyclic amines) is 1. The summed E-state index contributed by atoms with van der Waals surface area (Å²) in [4.78, 5) is 33.6. The van der Waals surface area contributed by atoms with Crippen molar-refractivity contribution >= 4 is 17.5 Å². The number of piperidine rings is 1. The number of carbonyl (C=O) groups excluding carboxylic acids is 2. The Labute approximate surface area is 196 Å². The second-order valence-corrected chi connectivity index (χ2v) is 10.6. The van der Waals surface area contributed by atoms with E-state index < -0.39 is 28.9 Å². The molecule has 3 N–H and O–H groups in total. The van der Waals surface area contributed by atoms with Crippen molar-refractivity contribution in [2.45, 2.75) is 55.3 Å². The molecule has 2 aromatic rings. The molecule has 1 unspecified atom stereocenters. The Bertz CT molecular complexity index is 1210. The Morgan fingerprint density at radius 1 is 1.26 bits per heavy atom. The van der Waals surface area contributed by atoms with E-state index in [0.717, 1.165) is 24.2 Å². The fourth-order valence-electron chi connectivity index (χ4n) is 7.17. The smallest absolute Gasteiger partial charge is 0.236 e. The highest BCUT2D eigenvalue weighted by atomic mass is 16.5. The minimum Gasteiger partial charge on any atom is -0.504 e. The predicted octanol–water partition coefficient (Wildman–Crippen LogP) is 1.79. The van der Waals surface area contributed by atoms with Crippen LogP contribution in [-0.4, -0.2) is 62.6 Å². The van der Waals surface area contributed by atoms with Gasteiger partial charge < -0.3 is 20.3 Å². The van der Waals surface area contributed by atoms with E-state index >= 15 is 0 Å². The van der Waals surface area contributed by atoms with Crippen LogP contribution in [0.15, 0.2) is 36.5 Å². The molecule has 1 aromatic carbocycles.